The van der Waals surface area contributed by atoms with E-state index in [4.69, 9.17) is 9.72 Å². The summed E-state index contributed by atoms with van der Waals surface area (Å²) in [5.41, 5.74) is 3.18. The van der Waals surface area contributed by atoms with Gasteiger partial charge in [0.15, 0.2) is 0 Å². The summed E-state index contributed by atoms with van der Waals surface area (Å²) in [6, 6.07) is 7.32. The van der Waals surface area contributed by atoms with Crippen LogP contribution in [-0.2, 0) is 11.3 Å². The average molecular weight is 436 g/mol. The van der Waals surface area contributed by atoms with Gasteiger partial charge in [-0.3, -0.25) is 4.90 Å². The lowest BCUT2D eigenvalue weighted by Crippen LogP contribution is -2.55. The van der Waals surface area contributed by atoms with Crippen molar-refractivity contribution in [2.24, 2.45) is 0 Å². The molecule has 0 amide bonds. The van der Waals surface area contributed by atoms with Gasteiger partial charge >= 0.3 is 0 Å². The molecule has 8 nitrogen and oxygen atoms in total. The minimum Gasteiger partial charge on any atom is -0.381 e. The summed E-state index contributed by atoms with van der Waals surface area (Å²) in [6.07, 6.45) is 5.78. The monoisotopic (exact) mass is 435 g/mol. The predicted octanol–water partition coefficient (Wildman–Crippen LogP) is 3.39. The molecule has 0 aliphatic carbocycles. The Morgan fingerprint density at radius 3 is 2.69 bits per heavy atom. The van der Waals surface area contributed by atoms with E-state index in [9.17, 15) is 0 Å². The van der Waals surface area contributed by atoms with Crippen molar-refractivity contribution in [2.45, 2.75) is 51.2 Å². The van der Waals surface area contributed by atoms with E-state index in [0.717, 1.165) is 67.5 Å². The molecule has 2 N–H and O–H groups in total. The molecule has 0 unspecified atom stereocenters. The Hall–Kier alpha value is -2.71. The quantitative estimate of drug-likeness (QED) is 0.636. The fourth-order valence-electron chi connectivity index (χ4n) is 4.96. The Bertz CT molecular complexity index is 1050. The number of piperazine rings is 1. The number of fused-ring (bicyclic) bond motifs is 1. The number of rotatable bonds is 5. The Labute approximate surface area is 189 Å². The second-order valence-corrected chi connectivity index (χ2v) is 9.19. The van der Waals surface area contributed by atoms with E-state index >= 15 is 0 Å². The van der Waals surface area contributed by atoms with Crippen LogP contribution in [0.5, 0.6) is 0 Å². The Balaban J connectivity index is 1.34. The highest BCUT2D eigenvalue weighted by molar-refractivity contribution is 5.90. The van der Waals surface area contributed by atoms with E-state index in [-0.39, 0.29) is 0 Å². The van der Waals surface area contributed by atoms with Gasteiger partial charge in [0.25, 0.3) is 0 Å². The molecule has 5 rings (SSSR count). The number of pyridine rings is 1. The lowest BCUT2D eigenvalue weighted by atomic mass is 9.92. The highest BCUT2D eigenvalue weighted by Gasteiger charge is 2.27. The van der Waals surface area contributed by atoms with Crippen molar-refractivity contribution in [1.82, 2.24) is 24.8 Å². The molecule has 0 radical (unpaired) electrons. The van der Waals surface area contributed by atoms with Crippen molar-refractivity contribution >= 4 is 22.7 Å². The van der Waals surface area contributed by atoms with Crippen LogP contribution in [0.4, 0.5) is 11.6 Å². The molecule has 8 heteroatoms. The second-order valence-electron chi connectivity index (χ2n) is 9.19. The number of anilines is 2. The number of H-pyrrole nitrogens is 1. The normalized spacial score (nSPS) is 23.0. The van der Waals surface area contributed by atoms with Gasteiger partial charge in [-0.15, -0.1) is 0 Å². The van der Waals surface area contributed by atoms with Crippen molar-refractivity contribution in [2.75, 3.05) is 43.6 Å². The molecule has 2 aliphatic heterocycles. The number of hydrogen-bond donors (Lipinski definition) is 2. The number of hydrogen-bond acceptors (Lipinski definition) is 7. The van der Waals surface area contributed by atoms with Crippen molar-refractivity contribution in [3.8, 4) is 0 Å². The van der Waals surface area contributed by atoms with Crippen LogP contribution in [-0.4, -0.2) is 70.3 Å². The molecular formula is C24H33N7O. The number of nitrogens with one attached hydrogen (secondary N) is 2. The third-order valence-electron chi connectivity index (χ3n) is 7.07. The van der Waals surface area contributed by atoms with Gasteiger partial charge in [0.05, 0.1) is 17.6 Å². The summed E-state index contributed by atoms with van der Waals surface area (Å²) in [4.78, 5) is 22.1. The number of likely N-dealkylation sites (N-methyl/N-ethyl adjacent to an activating group) is 1. The van der Waals surface area contributed by atoms with Gasteiger partial charge in [-0.25, -0.2) is 15.0 Å². The van der Waals surface area contributed by atoms with Gasteiger partial charge in [0.1, 0.15) is 23.6 Å². The topological polar surface area (TPSA) is 82.2 Å². The maximum absolute atomic E-state index is 5.55. The molecule has 3 aromatic rings. The molecule has 2 atom stereocenters. The van der Waals surface area contributed by atoms with E-state index in [1.165, 1.54) is 5.56 Å². The summed E-state index contributed by atoms with van der Waals surface area (Å²) in [5.74, 6) is 2.40. The Kier molecular flexibility index (Phi) is 5.97. The maximum atomic E-state index is 5.55. The van der Waals surface area contributed by atoms with E-state index < -0.39 is 0 Å². The van der Waals surface area contributed by atoms with Crippen LogP contribution in [0.3, 0.4) is 0 Å². The van der Waals surface area contributed by atoms with E-state index in [1.807, 2.05) is 0 Å². The molecule has 0 aromatic carbocycles. The first-order valence-corrected chi connectivity index (χ1v) is 11.7. The van der Waals surface area contributed by atoms with E-state index in [2.05, 4.69) is 75.4 Å². The maximum Gasteiger partial charge on any atom is 0.143 e. The first kappa shape index (κ1) is 21.2. The molecular weight excluding hydrogens is 402 g/mol. The lowest BCUT2D eigenvalue weighted by Gasteiger charge is -2.43. The molecule has 2 saturated heterocycles. The number of aromatic amines is 1. The van der Waals surface area contributed by atoms with Crippen molar-refractivity contribution in [3.05, 3.63) is 42.0 Å². The number of aromatic nitrogens is 4. The third kappa shape index (κ3) is 4.17. The molecule has 0 bridgehead atoms. The molecule has 5 heterocycles. The summed E-state index contributed by atoms with van der Waals surface area (Å²) in [6.45, 7) is 8.80. The summed E-state index contributed by atoms with van der Waals surface area (Å²) < 4.78 is 5.55. The fourth-order valence-corrected chi connectivity index (χ4v) is 4.96. The Morgan fingerprint density at radius 2 is 1.91 bits per heavy atom. The molecule has 2 aliphatic rings. The van der Waals surface area contributed by atoms with E-state index in [1.54, 1.807) is 6.33 Å². The highest BCUT2D eigenvalue weighted by atomic mass is 16.5. The van der Waals surface area contributed by atoms with Crippen molar-refractivity contribution in [1.29, 1.82) is 0 Å². The van der Waals surface area contributed by atoms with Crippen LogP contribution >= 0.6 is 0 Å². The minimum absolute atomic E-state index is 0.478. The third-order valence-corrected chi connectivity index (χ3v) is 7.07. The van der Waals surface area contributed by atoms with Gasteiger partial charge in [0.2, 0.25) is 0 Å². The van der Waals surface area contributed by atoms with Gasteiger partial charge in [-0.05, 0) is 57.4 Å². The van der Waals surface area contributed by atoms with Crippen molar-refractivity contribution < 1.29 is 4.74 Å². The second kappa shape index (κ2) is 9.03. The Morgan fingerprint density at radius 1 is 1.12 bits per heavy atom. The van der Waals surface area contributed by atoms with E-state index in [0.29, 0.717) is 24.5 Å². The largest absolute Gasteiger partial charge is 0.381 e. The zero-order chi connectivity index (χ0) is 22.1. The molecule has 32 heavy (non-hydrogen) atoms. The predicted molar refractivity (Wildman–Crippen MR) is 127 cm³/mol. The van der Waals surface area contributed by atoms with Crippen molar-refractivity contribution in [3.63, 3.8) is 0 Å². The molecule has 0 spiro atoms. The lowest BCUT2D eigenvalue weighted by molar-refractivity contribution is 0.0856. The number of nitrogens with zero attached hydrogens (tertiary/aromatic N) is 5. The van der Waals surface area contributed by atoms with Crippen LogP contribution < -0.4 is 10.2 Å². The average Bonchev–Trinajstić information content (AvgIpc) is 3.26. The first-order chi connectivity index (χ1) is 15.6. The zero-order valence-electron chi connectivity index (χ0n) is 19.2. The highest BCUT2D eigenvalue weighted by Crippen LogP contribution is 2.34. The smallest absolute Gasteiger partial charge is 0.143 e. The van der Waals surface area contributed by atoms with Crippen LogP contribution in [0.15, 0.2) is 30.7 Å². The van der Waals surface area contributed by atoms with Crippen LogP contribution in [0.2, 0.25) is 0 Å². The standard InChI is InChI=1S/C24H33N7O/c1-16-13-31(14-17(2)30(16)3)21-6-4-5-19(29-21)11-25-23-22-20(18-7-9-32-10-8-18)12-26-24(22)28-15-27-23/h4-6,12,15-18H,7-11,13-14H2,1-3H3,(H2,25,26,27,28)/t16-,17+. The summed E-state index contributed by atoms with van der Waals surface area (Å²) in [7, 11) is 2.21. The molecule has 170 valence electrons. The van der Waals surface area contributed by atoms with Gasteiger partial charge in [-0.1, -0.05) is 6.07 Å². The molecule has 3 aromatic heterocycles. The summed E-state index contributed by atoms with van der Waals surface area (Å²) >= 11 is 0. The van der Waals surface area contributed by atoms with Crippen LogP contribution in [0.25, 0.3) is 11.0 Å². The van der Waals surface area contributed by atoms with Gasteiger partial charge < -0.3 is 19.9 Å². The molecule has 0 saturated carbocycles. The van der Waals surface area contributed by atoms with Gasteiger partial charge in [-0.2, -0.15) is 0 Å². The molecule has 2 fully saturated rings. The SMILES string of the molecule is C[C@@H]1CN(c2cccc(CNc3ncnc4[nH]cc(C5CCOCC5)c34)n2)C[C@H](C)N1C. The van der Waals surface area contributed by atoms with Crippen LogP contribution in [0, 0.1) is 0 Å². The number of ether oxygens (including phenoxy) is 1. The van der Waals surface area contributed by atoms with Gasteiger partial charge in [0, 0.05) is 44.6 Å². The van der Waals surface area contributed by atoms with Crippen LogP contribution in [0.1, 0.15) is 43.9 Å². The summed E-state index contributed by atoms with van der Waals surface area (Å²) in [5, 5.41) is 4.63. The zero-order valence-corrected chi connectivity index (χ0v) is 19.2. The fraction of sp³-hybridized carbons (Fsp3) is 0.542. The minimum atomic E-state index is 0.478. The first-order valence-electron chi connectivity index (χ1n) is 11.7.